The summed E-state index contributed by atoms with van der Waals surface area (Å²) in [6.45, 7) is 2.39. The second kappa shape index (κ2) is 8.27. The van der Waals surface area contributed by atoms with E-state index in [1.54, 1.807) is 24.0 Å². The van der Waals surface area contributed by atoms with E-state index in [2.05, 4.69) is 5.32 Å². The van der Waals surface area contributed by atoms with Gasteiger partial charge >= 0.3 is 0 Å². The van der Waals surface area contributed by atoms with Crippen molar-refractivity contribution in [1.29, 1.82) is 0 Å². The van der Waals surface area contributed by atoms with Crippen LogP contribution in [-0.4, -0.2) is 61.7 Å². The molecule has 2 amide bonds. The molecule has 0 radical (unpaired) electrons. The van der Waals surface area contributed by atoms with Crippen molar-refractivity contribution < 1.29 is 27.1 Å². The summed E-state index contributed by atoms with van der Waals surface area (Å²) in [7, 11) is -3.80. The van der Waals surface area contributed by atoms with Crippen molar-refractivity contribution in [3.8, 4) is 5.75 Å². The molecule has 1 unspecified atom stereocenters. The average molecular weight is 447 g/mol. The predicted molar refractivity (Wildman–Crippen MR) is 111 cm³/mol. The molecule has 1 saturated heterocycles. The maximum atomic E-state index is 13.3. The smallest absolute Gasteiger partial charge is 0.265 e. The standard InChI is InChI=1S/C21H22FN3O5S/c1-14-21(27)23-18-13-17(5-6-19(18)30-14)31(28,29)25-9-7-24(8-10-25)20(26)12-15-3-2-4-16(22)11-15/h2-6,11,13-14H,7-10,12H2,1H3,(H,23,27). The van der Waals surface area contributed by atoms with Gasteiger partial charge in [-0.1, -0.05) is 12.1 Å². The molecule has 0 spiro atoms. The van der Waals surface area contributed by atoms with Crippen LogP contribution in [0.15, 0.2) is 47.4 Å². The Morgan fingerprint density at radius 3 is 2.61 bits per heavy atom. The minimum atomic E-state index is -3.80. The van der Waals surface area contributed by atoms with Gasteiger partial charge in [0.1, 0.15) is 11.6 Å². The molecular formula is C21H22FN3O5S. The van der Waals surface area contributed by atoms with Gasteiger partial charge in [-0.25, -0.2) is 12.8 Å². The van der Waals surface area contributed by atoms with Crippen LogP contribution in [0.25, 0.3) is 0 Å². The molecule has 1 fully saturated rings. The third-order valence-corrected chi connectivity index (χ3v) is 7.25. The average Bonchev–Trinajstić information content (AvgIpc) is 2.74. The van der Waals surface area contributed by atoms with Gasteiger partial charge in [0.15, 0.2) is 6.10 Å². The first-order valence-corrected chi connectivity index (χ1v) is 11.3. The molecule has 1 atom stereocenters. The number of halogens is 1. The third-order valence-electron chi connectivity index (χ3n) is 5.36. The third kappa shape index (κ3) is 4.40. The van der Waals surface area contributed by atoms with Crippen LogP contribution in [0.5, 0.6) is 5.75 Å². The monoisotopic (exact) mass is 447 g/mol. The lowest BCUT2D eigenvalue weighted by atomic mass is 10.1. The number of ether oxygens (including phenoxy) is 1. The molecule has 2 heterocycles. The summed E-state index contributed by atoms with van der Waals surface area (Å²) in [4.78, 5) is 25.9. The Labute approximate surface area is 179 Å². The molecular weight excluding hydrogens is 425 g/mol. The number of carbonyl (C=O) groups excluding carboxylic acids is 2. The van der Waals surface area contributed by atoms with Crippen molar-refractivity contribution in [1.82, 2.24) is 9.21 Å². The van der Waals surface area contributed by atoms with E-state index in [-0.39, 0.29) is 49.3 Å². The van der Waals surface area contributed by atoms with Crippen LogP contribution in [0.4, 0.5) is 10.1 Å². The van der Waals surface area contributed by atoms with E-state index in [0.717, 1.165) is 0 Å². The number of nitrogens with one attached hydrogen (secondary N) is 1. The first kappa shape index (κ1) is 21.3. The fourth-order valence-corrected chi connectivity index (χ4v) is 5.06. The number of anilines is 1. The number of hydrogen-bond acceptors (Lipinski definition) is 5. The molecule has 0 aromatic heterocycles. The van der Waals surface area contributed by atoms with E-state index in [1.165, 1.54) is 34.6 Å². The van der Waals surface area contributed by atoms with Gasteiger partial charge in [-0.15, -0.1) is 0 Å². The molecule has 31 heavy (non-hydrogen) atoms. The summed E-state index contributed by atoms with van der Waals surface area (Å²) in [5.41, 5.74) is 0.890. The highest BCUT2D eigenvalue weighted by atomic mass is 32.2. The molecule has 1 N–H and O–H groups in total. The van der Waals surface area contributed by atoms with Crippen LogP contribution < -0.4 is 10.1 Å². The van der Waals surface area contributed by atoms with Crippen LogP contribution in [0.1, 0.15) is 12.5 Å². The second-order valence-electron chi connectivity index (χ2n) is 7.50. The Balaban J connectivity index is 1.42. The van der Waals surface area contributed by atoms with Crippen LogP contribution in [-0.2, 0) is 26.0 Å². The molecule has 2 aliphatic rings. The molecule has 8 nitrogen and oxygen atoms in total. The Kier molecular flexibility index (Phi) is 5.67. The summed E-state index contributed by atoms with van der Waals surface area (Å²) < 4.78 is 46.2. The second-order valence-corrected chi connectivity index (χ2v) is 9.44. The fourth-order valence-electron chi connectivity index (χ4n) is 3.61. The van der Waals surface area contributed by atoms with Crippen LogP contribution in [0.2, 0.25) is 0 Å². The van der Waals surface area contributed by atoms with Crippen molar-refractivity contribution in [3.63, 3.8) is 0 Å². The van der Waals surface area contributed by atoms with Gasteiger partial charge in [0.05, 0.1) is 17.0 Å². The molecule has 164 valence electrons. The number of piperazine rings is 1. The van der Waals surface area contributed by atoms with Crippen molar-refractivity contribution >= 4 is 27.5 Å². The molecule has 0 saturated carbocycles. The lowest BCUT2D eigenvalue weighted by Gasteiger charge is -2.34. The Bertz CT molecular complexity index is 1130. The highest BCUT2D eigenvalue weighted by molar-refractivity contribution is 7.89. The van der Waals surface area contributed by atoms with Gasteiger partial charge in [0.25, 0.3) is 5.91 Å². The van der Waals surface area contributed by atoms with Gasteiger partial charge in [0.2, 0.25) is 15.9 Å². The first-order chi connectivity index (χ1) is 14.7. The zero-order valence-electron chi connectivity index (χ0n) is 16.9. The van der Waals surface area contributed by atoms with Gasteiger partial charge in [-0.05, 0) is 42.8 Å². The van der Waals surface area contributed by atoms with Crippen LogP contribution >= 0.6 is 0 Å². The van der Waals surface area contributed by atoms with Crippen LogP contribution in [0, 0.1) is 5.82 Å². The lowest BCUT2D eigenvalue weighted by molar-refractivity contribution is -0.131. The quantitative estimate of drug-likeness (QED) is 0.769. The minimum absolute atomic E-state index is 0.0456. The normalized spacial score (nSPS) is 19.4. The maximum absolute atomic E-state index is 13.3. The predicted octanol–water partition coefficient (Wildman–Crippen LogP) is 1.62. The van der Waals surface area contributed by atoms with Crippen molar-refractivity contribution in [3.05, 3.63) is 53.8 Å². The van der Waals surface area contributed by atoms with Crippen LogP contribution in [0.3, 0.4) is 0 Å². The molecule has 0 aliphatic carbocycles. The number of nitrogens with zero attached hydrogens (tertiary/aromatic N) is 2. The molecule has 2 aliphatic heterocycles. The Morgan fingerprint density at radius 1 is 1.16 bits per heavy atom. The van der Waals surface area contributed by atoms with E-state index in [9.17, 15) is 22.4 Å². The van der Waals surface area contributed by atoms with Crippen molar-refractivity contribution in [2.24, 2.45) is 0 Å². The zero-order chi connectivity index (χ0) is 22.2. The molecule has 2 aromatic carbocycles. The summed E-state index contributed by atoms with van der Waals surface area (Å²) in [5, 5.41) is 2.65. The van der Waals surface area contributed by atoms with Gasteiger partial charge in [0, 0.05) is 26.2 Å². The van der Waals surface area contributed by atoms with E-state index < -0.39 is 21.9 Å². The number of hydrogen-bond donors (Lipinski definition) is 1. The van der Waals surface area contributed by atoms with Crippen molar-refractivity contribution in [2.75, 3.05) is 31.5 Å². The lowest BCUT2D eigenvalue weighted by Crippen LogP contribution is -2.50. The molecule has 2 aromatic rings. The van der Waals surface area contributed by atoms with Gasteiger partial charge in [-0.3, -0.25) is 9.59 Å². The molecule has 4 rings (SSSR count). The topological polar surface area (TPSA) is 96.0 Å². The Hall–Kier alpha value is -2.98. The summed E-state index contributed by atoms with van der Waals surface area (Å²) in [6.07, 6.45) is -0.582. The summed E-state index contributed by atoms with van der Waals surface area (Å²) >= 11 is 0. The highest BCUT2D eigenvalue weighted by Crippen LogP contribution is 2.33. The van der Waals surface area contributed by atoms with E-state index in [0.29, 0.717) is 17.0 Å². The maximum Gasteiger partial charge on any atom is 0.265 e. The number of carbonyl (C=O) groups is 2. The first-order valence-electron chi connectivity index (χ1n) is 9.88. The fraction of sp³-hybridized carbons (Fsp3) is 0.333. The van der Waals surface area contributed by atoms with E-state index >= 15 is 0 Å². The van der Waals surface area contributed by atoms with Gasteiger partial charge < -0.3 is 15.0 Å². The number of fused-ring (bicyclic) bond motifs is 1. The number of benzene rings is 2. The largest absolute Gasteiger partial charge is 0.479 e. The SMILES string of the molecule is CC1Oc2ccc(S(=O)(=O)N3CCN(C(=O)Cc4cccc(F)c4)CC3)cc2NC1=O. The zero-order valence-corrected chi connectivity index (χ0v) is 17.7. The molecule has 10 heteroatoms. The molecule has 0 bridgehead atoms. The Morgan fingerprint density at radius 2 is 1.90 bits per heavy atom. The van der Waals surface area contributed by atoms with E-state index in [4.69, 9.17) is 4.74 Å². The minimum Gasteiger partial charge on any atom is -0.479 e. The summed E-state index contributed by atoms with van der Waals surface area (Å²) in [6, 6.07) is 10.2. The highest BCUT2D eigenvalue weighted by Gasteiger charge is 2.32. The van der Waals surface area contributed by atoms with E-state index in [1.807, 2.05) is 0 Å². The van der Waals surface area contributed by atoms with Crippen molar-refractivity contribution in [2.45, 2.75) is 24.3 Å². The summed E-state index contributed by atoms with van der Waals surface area (Å²) in [5.74, 6) is -0.501. The number of rotatable bonds is 4. The number of amides is 2. The van der Waals surface area contributed by atoms with Gasteiger partial charge in [-0.2, -0.15) is 4.31 Å². The number of sulfonamides is 1.